The lowest BCUT2D eigenvalue weighted by Crippen LogP contribution is -2.20. The van der Waals surface area contributed by atoms with E-state index in [1.807, 2.05) is 6.92 Å². The number of nitrogens with one attached hydrogen (secondary N) is 1. The summed E-state index contributed by atoms with van der Waals surface area (Å²) in [6.45, 7) is 2.85. The van der Waals surface area contributed by atoms with Crippen LogP contribution in [0.2, 0.25) is 0 Å². The first-order chi connectivity index (χ1) is 10.3. The summed E-state index contributed by atoms with van der Waals surface area (Å²) in [4.78, 5) is 4.54. The van der Waals surface area contributed by atoms with E-state index in [0.717, 1.165) is 17.2 Å². The van der Waals surface area contributed by atoms with Gasteiger partial charge in [0.2, 0.25) is 0 Å². The highest BCUT2D eigenvalue weighted by atomic mass is 32.1. The Hall–Kier alpha value is -1.97. The van der Waals surface area contributed by atoms with Crippen LogP contribution in [0.4, 0.5) is 0 Å². The summed E-state index contributed by atoms with van der Waals surface area (Å²) in [7, 11) is 0. The van der Waals surface area contributed by atoms with Crippen LogP contribution in [-0.2, 0) is 6.54 Å². The van der Waals surface area contributed by atoms with Gasteiger partial charge >= 0.3 is 0 Å². The molecule has 0 saturated heterocycles. The molecule has 3 aromatic rings. The lowest BCUT2D eigenvalue weighted by atomic mass is 10.1. The Labute approximate surface area is 128 Å². The van der Waals surface area contributed by atoms with Gasteiger partial charge < -0.3 is 0 Å². The van der Waals surface area contributed by atoms with Crippen molar-refractivity contribution < 1.29 is 0 Å². The molecule has 0 bridgehead atoms. The summed E-state index contributed by atoms with van der Waals surface area (Å²) in [5.74, 6) is 0. The highest BCUT2D eigenvalue weighted by Crippen LogP contribution is 2.43. The maximum Gasteiger partial charge on any atom is 0.107 e. The maximum absolute atomic E-state index is 4.54. The molecule has 3 heteroatoms. The van der Waals surface area contributed by atoms with Crippen molar-refractivity contribution in [2.75, 3.05) is 0 Å². The first-order valence-electron chi connectivity index (χ1n) is 7.15. The van der Waals surface area contributed by atoms with Crippen LogP contribution in [-0.4, -0.2) is 4.98 Å². The summed E-state index contributed by atoms with van der Waals surface area (Å²) in [6.07, 6.45) is 0. The number of benzene rings is 2. The largest absolute Gasteiger partial charge is 0.300 e. The lowest BCUT2D eigenvalue weighted by Gasteiger charge is -2.14. The highest BCUT2D eigenvalue weighted by Gasteiger charge is 2.27. The zero-order valence-electron chi connectivity index (χ0n) is 11.8. The van der Waals surface area contributed by atoms with Crippen molar-refractivity contribution in [2.24, 2.45) is 0 Å². The zero-order valence-corrected chi connectivity index (χ0v) is 12.7. The van der Waals surface area contributed by atoms with Gasteiger partial charge in [0.05, 0.1) is 6.04 Å². The van der Waals surface area contributed by atoms with Gasteiger partial charge in [-0.1, -0.05) is 48.5 Å². The molecule has 0 radical (unpaired) electrons. The van der Waals surface area contributed by atoms with E-state index in [1.54, 1.807) is 11.3 Å². The average molecular weight is 292 g/mol. The molecule has 0 amide bonds. The van der Waals surface area contributed by atoms with Crippen molar-refractivity contribution in [1.82, 2.24) is 10.3 Å². The van der Waals surface area contributed by atoms with Gasteiger partial charge in [-0.15, -0.1) is 11.3 Å². The molecular formula is C18H16N2S. The fourth-order valence-electron chi connectivity index (χ4n) is 3.05. The quantitative estimate of drug-likeness (QED) is 0.778. The SMILES string of the molecule is Cc1csc(CNC2c3ccccc3-c3ccccc32)n1. The summed E-state index contributed by atoms with van der Waals surface area (Å²) in [5.41, 5.74) is 6.53. The predicted molar refractivity (Wildman–Crippen MR) is 87.4 cm³/mol. The standard InChI is InChI=1S/C18H16N2S/c1-12-11-21-17(20-12)10-19-18-15-8-4-2-6-13(15)14-7-3-5-9-16(14)18/h2-9,11,18-19H,10H2,1H3. The topological polar surface area (TPSA) is 24.9 Å². The zero-order chi connectivity index (χ0) is 14.2. The fourth-order valence-corrected chi connectivity index (χ4v) is 3.77. The Morgan fingerprint density at radius 2 is 1.62 bits per heavy atom. The summed E-state index contributed by atoms with van der Waals surface area (Å²) >= 11 is 1.72. The van der Waals surface area contributed by atoms with Crippen LogP contribution in [0.25, 0.3) is 11.1 Å². The van der Waals surface area contributed by atoms with E-state index < -0.39 is 0 Å². The van der Waals surface area contributed by atoms with Gasteiger partial charge in [0, 0.05) is 17.6 Å². The molecule has 21 heavy (non-hydrogen) atoms. The molecule has 104 valence electrons. The van der Waals surface area contributed by atoms with E-state index in [9.17, 15) is 0 Å². The van der Waals surface area contributed by atoms with Crippen molar-refractivity contribution in [3.05, 3.63) is 75.7 Å². The molecule has 1 aliphatic carbocycles. The van der Waals surface area contributed by atoms with Crippen LogP contribution in [0, 0.1) is 6.92 Å². The van der Waals surface area contributed by atoms with Crippen LogP contribution < -0.4 is 5.32 Å². The number of nitrogens with zero attached hydrogens (tertiary/aromatic N) is 1. The average Bonchev–Trinajstić information content (AvgIpc) is 3.07. The Morgan fingerprint density at radius 3 is 2.19 bits per heavy atom. The molecule has 0 spiro atoms. The van der Waals surface area contributed by atoms with Gasteiger partial charge in [-0.05, 0) is 29.2 Å². The second-order valence-electron chi connectivity index (χ2n) is 5.37. The second kappa shape index (κ2) is 5.10. The molecule has 0 unspecified atom stereocenters. The molecule has 1 aromatic heterocycles. The predicted octanol–water partition coefficient (Wildman–Crippen LogP) is 4.31. The van der Waals surface area contributed by atoms with E-state index in [2.05, 4.69) is 64.2 Å². The van der Waals surface area contributed by atoms with Crippen LogP contribution in [0.5, 0.6) is 0 Å². The number of thiazole rings is 1. The summed E-state index contributed by atoms with van der Waals surface area (Å²) < 4.78 is 0. The first kappa shape index (κ1) is 12.7. The molecular weight excluding hydrogens is 276 g/mol. The fraction of sp³-hybridized carbons (Fsp3) is 0.167. The van der Waals surface area contributed by atoms with Crippen molar-refractivity contribution in [1.29, 1.82) is 0 Å². The summed E-state index contributed by atoms with van der Waals surface area (Å²) in [5, 5.41) is 6.92. The van der Waals surface area contributed by atoms with E-state index in [1.165, 1.54) is 22.3 Å². The number of aryl methyl sites for hydroxylation is 1. The molecule has 0 atom stereocenters. The third-order valence-corrected chi connectivity index (χ3v) is 4.92. The van der Waals surface area contributed by atoms with Crippen molar-refractivity contribution in [3.63, 3.8) is 0 Å². The number of fused-ring (bicyclic) bond motifs is 3. The van der Waals surface area contributed by atoms with Crippen LogP contribution >= 0.6 is 11.3 Å². The molecule has 1 aliphatic rings. The van der Waals surface area contributed by atoms with Crippen LogP contribution in [0.3, 0.4) is 0 Å². The molecule has 1 heterocycles. The number of hydrogen-bond acceptors (Lipinski definition) is 3. The molecule has 4 rings (SSSR count). The molecule has 0 aliphatic heterocycles. The molecule has 2 nitrogen and oxygen atoms in total. The third kappa shape index (κ3) is 2.19. The Kier molecular flexibility index (Phi) is 3.09. The minimum atomic E-state index is 0.265. The lowest BCUT2D eigenvalue weighted by molar-refractivity contribution is 0.613. The van der Waals surface area contributed by atoms with Crippen LogP contribution in [0.1, 0.15) is 27.9 Å². The molecule has 2 aromatic carbocycles. The van der Waals surface area contributed by atoms with Gasteiger partial charge in [0.25, 0.3) is 0 Å². The molecule has 1 N–H and O–H groups in total. The Bertz CT molecular complexity index is 746. The van der Waals surface area contributed by atoms with E-state index in [4.69, 9.17) is 0 Å². The first-order valence-corrected chi connectivity index (χ1v) is 8.03. The summed E-state index contributed by atoms with van der Waals surface area (Å²) in [6, 6.07) is 17.6. The van der Waals surface area contributed by atoms with Gasteiger partial charge in [0.15, 0.2) is 0 Å². The second-order valence-corrected chi connectivity index (χ2v) is 6.31. The van der Waals surface area contributed by atoms with Gasteiger partial charge in [-0.25, -0.2) is 4.98 Å². The van der Waals surface area contributed by atoms with Gasteiger partial charge in [-0.2, -0.15) is 0 Å². The Balaban J connectivity index is 1.68. The van der Waals surface area contributed by atoms with Gasteiger partial charge in [-0.3, -0.25) is 5.32 Å². The van der Waals surface area contributed by atoms with Crippen molar-refractivity contribution in [2.45, 2.75) is 19.5 Å². The minimum absolute atomic E-state index is 0.265. The monoisotopic (exact) mass is 292 g/mol. The van der Waals surface area contributed by atoms with Crippen molar-refractivity contribution in [3.8, 4) is 11.1 Å². The normalized spacial score (nSPS) is 13.2. The van der Waals surface area contributed by atoms with Gasteiger partial charge in [0.1, 0.15) is 5.01 Å². The van der Waals surface area contributed by atoms with Crippen LogP contribution in [0.15, 0.2) is 53.9 Å². The highest BCUT2D eigenvalue weighted by molar-refractivity contribution is 7.09. The Morgan fingerprint density at radius 1 is 1.00 bits per heavy atom. The third-order valence-electron chi connectivity index (χ3n) is 3.96. The van der Waals surface area contributed by atoms with E-state index in [-0.39, 0.29) is 6.04 Å². The number of hydrogen-bond donors (Lipinski definition) is 1. The smallest absolute Gasteiger partial charge is 0.107 e. The van der Waals surface area contributed by atoms with Crippen molar-refractivity contribution >= 4 is 11.3 Å². The number of rotatable bonds is 3. The minimum Gasteiger partial charge on any atom is -0.300 e. The molecule has 0 saturated carbocycles. The maximum atomic E-state index is 4.54. The van der Waals surface area contributed by atoms with E-state index >= 15 is 0 Å². The van der Waals surface area contributed by atoms with E-state index in [0.29, 0.717) is 0 Å². The molecule has 0 fully saturated rings. The number of aromatic nitrogens is 1.